The molecule has 268 valence electrons. The van der Waals surface area contributed by atoms with Crippen molar-refractivity contribution in [1.29, 1.82) is 0 Å². The molecule has 1 spiro atoms. The quantitative estimate of drug-likeness (QED) is 0.172. The molecule has 2 aliphatic carbocycles. The Morgan fingerprint density at radius 3 is 0.943 bits per heavy atom. The Balaban J connectivity index is 1.50. The Hall–Kier alpha value is -5.48. The molecule has 2 aliphatic rings. The van der Waals surface area contributed by atoms with E-state index >= 15 is 0 Å². The van der Waals surface area contributed by atoms with Gasteiger partial charge in [0, 0.05) is 79.1 Å². The van der Waals surface area contributed by atoms with Gasteiger partial charge in [-0.2, -0.15) is 0 Å². The maximum Gasteiger partial charge on any atom is 0.0726 e. The third kappa shape index (κ3) is 5.10. The molecule has 0 N–H and O–H groups in total. The van der Waals surface area contributed by atoms with Crippen molar-refractivity contribution < 1.29 is 0 Å². The van der Waals surface area contributed by atoms with Gasteiger partial charge in [0.25, 0.3) is 0 Å². The maximum atomic E-state index is 2.54. The molecule has 0 atom stereocenters. The molecular formula is C49H52N4. The highest BCUT2D eigenvalue weighted by molar-refractivity contribution is 6.00. The third-order valence-corrected chi connectivity index (χ3v) is 11.9. The number of nitrogens with zero attached hydrogens (tertiary/aromatic N) is 4. The summed E-state index contributed by atoms with van der Waals surface area (Å²) < 4.78 is 0. The molecule has 4 heteroatoms. The number of hydrogen-bond acceptors (Lipinski definition) is 4. The number of hydrogen-bond donors (Lipinski definition) is 0. The molecule has 6 aromatic carbocycles. The van der Waals surface area contributed by atoms with Crippen molar-refractivity contribution in [3.8, 4) is 44.5 Å². The van der Waals surface area contributed by atoms with Crippen LogP contribution in [-0.4, -0.2) is 56.4 Å². The predicted molar refractivity (Wildman–Crippen MR) is 230 cm³/mol. The lowest BCUT2D eigenvalue weighted by Gasteiger charge is -2.32. The summed E-state index contributed by atoms with van der Waals surface area (Å²) in [5.74, 6) is 0. The van der Waals surface area contributed by atoms with Crippen LogP contribution in [0.25, 0.3) is 44.5 Å². The molecule has 0 radical (unpaired) electrons. The fourth-order valence-corrected chi connectivity index (χ4v) is 9.21. The van der Waals surface area contributed by atoms with Crippen molar-refractivity contribution in [3.05, 3.63) is 142 Å². The van der Waals surface area contributed by atoms with Crippen LogP contribution in [0.4, 0.5) is 22.7 Å². The second-order valence-electron chi connectivity index (χ2n) is 16.2. The molecule has 0 bridgehead atoms. The first kappa shape index (κ1) is 34.6. The lowest BCUT2D eigenvalue weighted by atomic mass is 9.69. The summed E-state index contributed by atoms with van der Waals surface area (Å²) in [4.78, 5) is 8.84. The molecule has 4 nitrogen and oxygen atoms in total. The standard InChI is InChI=1S/C49H52N4/c1-29-15-13-17-41-45(29)47-31(3)19-33(35-21-37(50(5)6)27-38(22-35)51(7)8)25-43(47)49(41)42-18-14-16-30(2)46(42)48-32(4)20-34(26-44(48)49)36-23-39(52(9)10)28-40(24-36)53(11)12/h13-28H,1-12H3. The van der Waals surface area contributed by atoms with Crippen LogP contribution in [-0.2, 0) is 5.41 Å². The Morgan fingerprint density at radius 1 is 0.321 bits per heavy atom. The summed E-state index contributed by atoms with van der Waals surface area (Å²) in [5, 5.41) is 0. The van der Waals surface area contributed by atoms with Crippen molar-refractivity contribution in [3.63, 3.8) is 0 Å². The van der Waals surface area contributed by atoms with Crippen LogP contribution in [0, 0.1) is 27.7 Å². The highest BCUT2D eigenvalue weighted by Crippen LogP contribution is 2.65. The van der Waals surface area contributed by atoms with Gasteiger partial charge in [0.05, 0.1) is 5.41 Å². The van der Waals surface area contributed by atoms with E-state index in [4.69, 9.17) is 0 Å². The van der Waals surface area contributed by atoms with E-state index in [1.54, 1.807) is 0 Å². The molecule has 0 unspecified atom stereocenters. The van der Waals surface area contributed by atoms with E-state index in [0.29, 0.717) is 0 Å². The summed E-state index contributed by atoms with van der Waals surface area (Å²) in [6.07, 6.45) is 0. The highest BCUT2D eigenvalue weighted by atomic mass is 15.1. The van der Waals surface area contributed by atoms with Gasteiger partial charge in [-0.05, 0) is 165 Å². The average Bonchev–Trinajstić information content (AvgIpc) is 3.60. The van der Waals surface area contributed by atoms with Gasteiger partial charge < -0.3 is 19.6 Å². The average molecular weight is 697 g/mol. The van der Waals surface area contributed by atoms with E-state index in [-0.39, 0.29) is 0 Å². The minimum atomic E-state index is -0.470. The van der Waals surface area contributed by atoms with Crippen LogP contribution < -0.4 is 19.6 Å². The van der Waals surface area contributed by atoms with E-state index < -0.39 is 5.41 Å². The molecule has 8 rings (SSSR count). The van der Waals surface area contributed by atoms with Gasteiger partial charge in [-0.15, -0.1) is 0 Å². The van der Waals surface area contributed by atoms with Gasteiger partial charge in [-0.25, -0.2) is 0 Å². The van der Waals surface area contributed by atoms with Crippen LogP contribution in [0.15, 0.2) is 97.1 Å². The number of rotatable bonds is 6. The first-order valence-corrected chi connectivity index (χ1v) is 18.7. The number of benzene rings is 6. The summed E-state index contributed by atoms with van der Waals surface area (Å²) in [5.41, 5.74) is 25.7. The van der Waals surface area contributed by atoms with Gasteiger partial charge in [0.15, 0.2) is 0 Å². The predicted octanol–water partition coefficient (Wildman–Crippen LogP) is 10.9. The summed E-state index contributed by atoms with van der Waals surface area (Å²) >= 11 is 0. The van der Waals surface area contributed by atoms with E-state index in [1.807, 2.05) is 0 Å². The van der Waals surface area contributed by atoms with E-state index in [9.17, 15) is 0 Å². The largest absolute Gasteiger partial charge is 0.378 e. The molecule has 0 saturated heterocycles. The van der Waals surface area contributed by atoms with Gasteiger partial charge in [0.2, 0.25) is 0 Å². The number of fused-ring (bicyclic) bond motifs is 10. The topological polar surface area (TPSA) is 13.0 Å². The van der Waals surface area contributed by atoms with Crippen molar-refractivity contribution in [1.82, 2.24) is 0 Å². The monoisotopic (exact) mass is 696 g/mol. The maximum absolute atomic E-state index is 2.54. The van der Waals surface area contributed by atoms with Crippen LogP contribution in [0.3, 0.4) is 0 Å². The van der Waals surface area contributed by atoms with E-state index in [0.717, 1.165) is 0 Å². The van der Waals surface area contributed by atoms with Gasteiger partial charge in [0.1, 0.15) is 0 Å². The van der Waals surface area contributed by atoms with Crippen molar-refractivity contribution >= 4 is 22.7 Å². The van der Waals surface area contributed by atoms with E-state index in [2.05, 4.69) is 201 Å². The smallest absolute Gasteiger partial charge is 0.0726 e. The molecule has 0 saturated carbocycles. The SMILES string of the molecule is Cc1cccc2c1-c1c(C)cc(-c3cc(N(C)C)cc(N(C)C)c3)cc1C21c2cccc(C)c2-c2c(C)cc(-c3cc(N(C)C)cc(N(C)C)c3)cc21. The van der Waals surface area contributed by atoms with Gasteiger partial charge in [-0.3, -0.25) is 0 Å². The fraction of sp³-hybridized carbons (Fsp3) is 0.265. The Bertz CT molecular complexity index is 2240. The van der Waals surface area contributed by atoms with Crippen molar-refractivity contribution in [2.24, 2.45) is 0 Å². The normalized spacial score (nSPS) is 13.1. The minimum Gasteiger partial charge on any atom is -0.378 e. The third-order valence-electron chi connectivity index (χ3n) is 11.9. The Morgan fingerprint density at radius 2 is 0.623 bits per heavy atom. The Kier molecular flexibility index (Phi) is 8.03. The second kappa shape index (κ2) is 12.3. The Labute approximate surface area is 316 Å². The molecule has 53 heavy (non-hydrogen) atoms. The highest BCUT2D eigenvalue weighted by Gasteiger charge is 2.53. The molecule has 0 aromatic heterocycles. The molecule has 0 fully saturated rings. The van der Waals surface area contributed by atoms with Crippen LogP contribution in [0.2, 0.25) is 0 Å². The zero-order valence-electron chi connectivity index (χ0n) is 33.5. The van der Waals surface area contributed by atoms with Crippen LogP contribution >= 0.6 is 0 Å². The molecule has 0 heterocycles. The zero-order chi connectivity index (χ0) is 37.7. The molecular weight excluding hydrogens is 645 g/mol. The first-order valence-electron chi connectivity index (χ1n) is 18.7. The van der Waals surface area contributed by atoms with Crippen molar-refractivity contribution in [2.45, 2.75) is 33.1 Å². The minimum absolute atomic E-state index is 0.470. The number of aryl methyl sites for hydroxylation is 4. The van der Waals surface area contributed by atoms with Crippen LogP contribution in [0.5, 0.6) is 0 Å². The lowest BCUT2D eigenvalue weighted by molar-refractivity contribution is 0.792. The summed E-state index contributed by atoms with van der Waals surface area (Å²) in [6.45, 7) is 9.24. The molecule has 6 aromatic rings. The summed E-state index contributed by atoms with van der Waals surface area (Å²) in [6, 6.07) is 37.8. The number of anilines is 4. The zero-order valence-corrected chi connectivity index (χ0v) is 33.5. The van der Waals surface area contributed by atoms with Gasteiger partial charge >= 0.3 is 0 Å². The fourth-order valence-electron chi connectivity index (χ4n) is 9.21. The first-order chi connectivity index (χ1) is 25.2. The molecule has 0 amide bonds. The lowest BCUT2D eigenvalue weighted by Crippen LogP contribution is -2.26. The van der Waals surface area contributed by atoms with Gasteiger partial charge in [-0.1, -0.05) is 48.5 Å². The van der Waals surface area contributed by atoms with E-state index in [1.165, 1.54) is 112 Å². The van der Waals surface area contributed by atoms with Crippen LogP contribution in [0.1, 0.15) is 44.5 Å². The summed E-state index contributed by atoms with van der Waals surface area (Å²) in [7, 11) is 17.0. The molecule has 0 aliphatic heterocycles. The van der Waals surface area contributed by atoms with Crippen molar-refractivity contribution in [2.75, 3.05) is 76.0 Å². The second-order valence-corrected chi connectivity index (χ2v) is 16.2.